The molecule has 42 heavy (non-hydrogen) atoms. The van der Waals surface area contributed by atoms with Crippen molar-refractivity contribution in [2.75, 3.05) is 60.9 Å². The fraction of sp³-hybridized carbons (Fsp3) is 0.467. The molecule has 1 aliphatic carbocycles. The third-order valence-electron chi connectivity index (χ3n) is 8.04. The molecule has 3 aliphatic rings. The number of nitrogens with zero attached hydrogens (tertiary/aromatic N) is 6. The van der Waals surface area contributed by atoms with Gasteiger partial charge in [-0.05, 0) is 50.8 Å². The highest BCUT2D eigenvalue weighted by Gasteiger charge is 2.30. The number of nitrogens with one attached hydrogen (secondary N) is 2. The van der Waals surface area contributed by atoms with Gasteiger partial charge in [0.15, 0.2) is 11.6 Å². The molecule has 1 saturated carbocycles. The molecule has 3 fully saturated rings. The third kappa shape index (κ3) is 6.22. The van der Waals surface area contributed by atoms with Gasteiger partial charge in [0.25, 0.3) is 11.8 Å². The Hall–Kier alpha value is -4.48. The van der Waals surface area contributed by atoms with Gasteiger partial charge in [-0.3, -0.25) is 14.4 Å². The second kappa shape index (κ2) is 12.2. The average molecular weight is 573 g/mol. The van der Waals surface area contributed by atoms with E-state index in [9.17, 15) is 14.4 Å². The summed E-state index contributed by atoms with van der Waals surface area (Å²) in [6.07, 6.45) is 9.02. The number of carbonyl (C=O) groups excluding carboxylic acids is 3. The second-order valence-electron chi connectivity index (χ2n) is 11.1. The molecule has 6 rings (SSSR count). The molecule has 4 heterocycles. The van der Waals surface area contributed by atoms with Crippen LogP contribution in [-0.2, 0) is 4.79 Å². The van der Waals surface area contributed by atoms with Gasteiger partial charge in [-0.1, -0.05) is 0 Å². The molecule has 12 heteroatoms. The van der Waals surface area contributed by atoms with E-state index in [0.29, 0.717) is 62.1 Å². The van der Waals surface area contributed by atoms with Crippen molar-refractivity contribution in [1.29, 1.82) is 0 Å². The number of anilines is 3. The summed E-state index contributed by atoms with van der Waals surface area (Å²) >= 11 is 0. The minimum atomic E-state index is -0.380. The Morgan fingerprint density at radius 3 is 2.62 bits per heavy atom. The van der Waals surface area contributed by atoms with Gasteiger partial charge in [-0.15, -0.1) is 0 Å². The Bertz CT molecular complexity index is 1460. The van der Waals surface area contributed by atoms with Crippen molar-refractivity contribution < 1.29 is 18.8 Å². The molecular weight excluding hydrogens is 536 g/mol. The van der Waals surface area contributed by atoms with Crippen molar-refractivity contribution in [2.45, 2.75) is 44.9 Å². The lowest BCUT2D eigenvalue weighted by Gasteiger charge is -2.38. The summed E-state index contributed by atoms with van der Waals surface area (Å²) in [5, 5.41) is 5.94. The van der Waals surface area contributed by atoms with Crippen LogP contribution in [0.1, 0.15) is 70.3 Å². The highest BCUT2D eigenvalue weighted by molar-refractivity contribution is 6.06. The summed E-state index contributed by atoms with van der Waals surface area (Å²) in [5.74, 6) is 1.40. The molecule has 0 bridgehead atoms. The standard InChI is InChI=1S/C30H36N8O4/c1-20-17-31-19-33-27(20)38-14-12-36(13-15-38)25-8-7-22(28(40)32-9-3-11-37-10-2-4-26(37)39)16-23(25)34-29(41)24-18-42-30(35-24)21-5-6-21/h7-8,16-19,21H,2-6,9-15H2,1H3,(H,32,40)(H,34,41). The summed E-state index contributed by atoms with van der Waals surface area (Å²) in [6, 6.07) is 5.39. The van der Waals surface area contributed by atoms with Crippen LogP contribution >= 0.6 is 0 Å². The number of likely N-dealkylation sites (tertiary alicyclic amines) is 1. The number of benzene rings is 1. The van der Waals surface area contributed by atoms with E-state index in [1.807, 2.05) is 24.1 Å². The Morgan fingerprint density at radius 1 is 1.07 bits per heavy atom. The van der Waals surface area contributed by atoms with Gasteiger partial charge in [0.05, 0.1) is 11.4 Å². The molecule has 12 nitrogen and oxygen atoms in total. The monoisotopic (exact) mass is 572 g/mol. The molecule has 2 aromatic heterocycles. The van der Waals surface area contributed by atoms with E-state index in [0.717, 1.165) is 56.0 Å². The van der Waals surface area contributed by atoms with E-state index in [1.165, 1.54) is 6.26 Å². The lowest BCUT2D eigenvalue weighted by atomic mass is 10.1. The third-order valence-corrected chi connectivity index (χ3v) is 8.04. The van der Waals surface area contributed by atoms with Crippen molar-refractivity contribution in [3.05, 3.63) is 59.7 Å². The maximum absolute atomic E-state index is 13.2. The predicted octanol–water partition coefficient (Wildman–Crippen LogP) is 2.97. The molecule has 3 amide bonds. The van der Waals surface area contributed by atoms with Gasteiger partial charge >= 0.3 is 0 Å². The van der Waals surface area contributed by atoms with Gasteiger partial charge in [0.1, 0.15) is 18.4 Å². The van der Waals surface area contributed by atoms with Gasteiger partial charge in [0.2, 0.25) is 5.91 Å². The average Bonchev–Trinajstić information content (AvgIpc) is 3.59. The van der Waals surface area contributed by atoms with Crippen molar-refractivity contribution >= 4 is 34.9 Å². The summed E-state index contributed by atoms with van der Waals surface area (Å²) in [6.45, 7) is 6.81. The number of carbonyl (C=O) groups is 3. The molecule has 0 unspecified atom stereocenters. The van der Waals surface area contributed by atoms with Crippen LogP contribution in [0.25, 0.3) is 0 Å². The van der Waals surface area contributed by atoms with Crippen molar-refractivity contribution in [1.82, 2.24) is 25.2 Å². The van der Waals surface area contributed by atoms with Gasteiger partial charge in [-0.2, -0.15) is 0 Å². The molecular formula is C30H36N8O4. The summed E-state index contributed by atoms with van der Waals surface area (Å²) in [5.41, 5.74) is 3.06. The minimum absolute atomic E-state index is 0.182. The zero-order chi connectivity index (χ0) is 29.1. The van der Waals surface area contributed by atoms with Crippen LogP contribution < -0.4 is 20.4 Å². The smallest absolute Gasteiger partial charge is 0.277 e. The van der Waals surface area contributed by atoms with Gasteiger partial charge in [0, 0.05) is 75.5 Å². The van der Waals surface area contributed by atoms with E-state index in [2.05, 4.69) is 35.4 Å². The number of rotatable bonds is 10. The number of oxazole rings is 1. The Labute approximate surface area is 244 Å². The highest BCUT2D eigenvalue weighted by atomic mass is 16.3. The fourth-order valence-electron chi connectivity index (χ4n) is 5.55. The summed E-state index contributed by atoms with van der Waals surface area (Å²) < 4.78 is 5.53. The topological polar surface area (TPSA) is 137 Å². The van der Waals surface area contributed by atoms with Crippen LogP contribution in [0.5, 0.6) is 0 Å². The molecule has 3 aromatic rings. The molecule has 0 radical (unpaired) electrons. The molecule has 2 N–H and O–H groups in total. The number of aryl methyl sites for hydroxylation is 1. The normalized spacial score (nSPS) is 17.1. The first kappa shape index (κ1) is 27.7. The molecule has 220 valence electrons. The van der Waals surface area contributed by atoms with Gasteiger partial charge in [-0.25, -0.2) is 15.0 Å². The largest absolute Gasteiger partial charge is 0.448 e. The van der Waals surface area contributed by atoms with Crippen molar-refractivity contribution in [2.24, 2.45) is 0 Å². The molecule has 1 aromatic carbocycles. The SMILES string of the molecule is Cc1cncnc1N1CCN(c2ccc(C(=O)NCCCN3CCCC3=O)cc2NC(=O)c2coc(C3CC3)n2)CC1. The number of amides is 3. The van der Waals surface area contributed by atoms with E-state index >= 15 is 0 Å². The second-order valence-corrected chi connectivity index (χ2v) is 11.1. The minimum Gasteiger partial charge on any atom is -0.448 e. The zero-order valence-electron chi connectivity index (χ0n) is 23.8. The number of aromatic nitrogens is 3. The zero-order valence-corrected chi connectivity index (χ0v) is 23.8. The van der Waals surface area contributed by atoms with Crippen LogP contribution in [0, 0.1) is 6.92 Å². The van der Waals surface area contributed by atoms with Crippen LogP contribution in [0.2, 0.25) is 0 Å². The first-order valence-electron chi connectivity index (χ1n) is 14.7. The molecule has 2 saturated heterocycles. The Balaban J connectivity index is 1.15. The Kier molecular flexibility index (Phi) is 8.02. The van der Waals surface area contributed by atoms with Gasteiger partial charge < -0.3 is 29.8 Å². The Morgan fingerprint density at radius 2 is 1.88 bits per heavy atom. The molecule has 2 aliphatic heterocycles. The van der Waals surface area contributed by atoms with E-state index in [4.69, 9.17) is 4.42 Å². The van der Waals surface area contributed by atoms with Crippen LogP contribution in [0.4, 0.5) is 17.2 Å². The maximum atomic E-state index is 13.2. The number of hydrogen-bond acceptors (Lipinski definition) is 9. The van der Waals surface area contributed by atoms with Crippen LogP contribution in [-0.4, -0.2) is 83.4 Å². The molecule has 0 spiro atoms. The fourth-order valence-corrected chi connectivity index (χ4v) is 5.55. The van der Waals surface area contributed by atoms with Crippen molar-refractivity contribution in [3.8, 4) is 0 Å². The lowest BCUT2D eigenvalue weighted by molar-refractivity contribution is -0.127. The highest BCUT2D eigenvalue weighted by Crippen LogP contribution is 2.39. The first-order valence-corrected chi connectivity index (χ1v) is 14.7. The predicted molar refractivity (Wildman–Crippen MR) is 157 cm³/mol. The van der Waals surface area contributed by atoms with E-state index in [1.54, 1.807) is 18.5 Å². The van der Waals surface area contributed by atoms with Crippen LogP contribution in [0.15, 0.2) is 41.4 Å². The molecule has 0 atom stereocenters. The van der Waals surface area contributed by atoms with Crippen molar-refractivity contribution in [3.63, 3.8) is 0 Å². The number of piperazine rings is 1. The number of hydrogen-bond donors (Lipinski definition) is 2. The summed E-state index contributed by atoms with van der Waals surface area (Å²) in [7, 11) is 0. The quantitative estimate of drug-likeness (QED) is 0.351. The first-order chi connectivity index (χ1) is 20.5. The van der Waals surface area contributed by atoms with E-state index < -0.39 is 0 Å². The van der Waals surface area contributed by atoms with Crippen LogP contribution in [0.3, 0.4) is 0 Å². The van der Waals surface area contributed by atoms with E-state index in [-0.39, 0.29) is 23.4 Å². The lowest BCUT2D eigenvalue weighted by Crippen LogP contribution is -2.47. The maximum Gasteiger partial charge on any atom is 0.277 e. The summed E-state index contributed by atoms with van der Waals surface area (Å²) in [4.78, 5) is 57.3.